The van der Waals surface area contributed by atoms with E-state index in [0.29, 0.717) is 19.3 Å². The SMILES string of the molecule is CC/C=C\C/C=C\C/C=C\CCCCCCCCCC(=O)OCC(COC1OC(C(=O)O)C(O)C(O)C1OC(=O)CCCCCCCCCCCCCCCCC)OC(=O)CCCCCCCCCCCCC. The van der Waals surface area contributed by atoms with Crippen molar-refractivity contribution in [2.24, 2.45) is 0 Å². The van der Waals surface area contributed by atoms with Crippen molar-refractivity contribution in [3.05, 3.63) is 36.5 Å². The minimum atomic E-state index is -1.90. The van der Waals surface area contributed by atoms with Crippen molar-refractivity contribution < 1.29 is 58.2 Å². The fraction of sp³-hybridized carbons (Fsp3) is 0.836. The highest BCUT2D eigenvalue weighted by atomic mass is 16.7. The number of hydrogen-bond donors (Lipinski definition) is 3. The molecule has 1 aliphatic heterocycles. The highest BCUT2D eigenvalue weighted by Gasteiger charge is 2.50. The molecule has 0 radical (unpaired) electrons. The third-order valence-corrected chi connectivity index (χ3v) is 13.7. The van der Waals surface area contributed by atoms with E-state index < -0.39 is 67.3 Å². The number of aliphatic hydroxyl groups is 2. The van der Waals surface area contributed by atoms with E-state index in [4.69, 9.17) is 23.7 Å². The number of esters is 3. The molecule has 0 aliphatic carbocycles. The van der Waals surface area contributed by atoms with E-state index in [-0.39, 0.29) is 25.9 Å². The van der Waals surface area contributed by atoms with Gasteiger partial charge in [0.2, 0.25) is 0 Å². The van der Waals surface area contributed by atoms with Crippen LogP contribution in [0.15, 0.2) is 36.5 Å². The number of hydrogen-bond acceptors (Lipinski definition) is 11. The maximum atomic E-state index is 13.1. The zero-order valence-electron chi connectivity index (χ0n) is 46.6. The molecule has 0 aromatic heterocycles. The van der Waals surface area contributed by atoms with Crippen molar-refractivity contribution in [2.75, 3.05) is 13.2 Å². The van der Waals surface area contributed by atoms with Crippen molar-refractivity contribution in [3.63, 3.8) is 0 Å². The van der Waals surface area contributed by atoms with Gasteiger partial charge in [-0.05, 0) is 51.4 Å². The molecule has 0 bridgehead atoms. The normalized spacial score (nSPS) is 18.5. The molecule has 12 heteroatoms. The Bertz CT molecular complexity index is 1410. The molecule has 6 unspecified atom stereocenters. The van der Waals surface area contributed by atoms with E-state index in [0.717, 1.165) is 89.9 Å². The monoisotopic (exact) mass is 1030 g/mol. The zero-order chi connectivity index (χ0) is 53.3. The summed E-state index contributed by atoms with van der Waals surface area (Å²) < 4.78 is 28.4. The van der Waals surface area contributed by atoms with Crippen LogP contribution in [0.2, 0.25) is 0 Å². The van der Waals surface area contributed by atoms with Gasteiger partial charge in [-0.3, -0.25) is 14.4 Å². The molecule has 12 nitrogen and oxygen atoms in total. The van der Waals surface area contributed by atoms with Crippen molar-refractivity contribution in [2.45, 2.75) is 314 Å². The first-order chi connectivity index (χ1) is 35.6. The average Bonchev–Trinajstić information content (AvgIpc) is 3.37. The molecule has 0 saturated carbocycles. The summed E-state index contributed by atoms with van der Waals surface area (Å²) in [6.45, 7) is 5.89. The van der Waals surface area contributed by atoms with Gasteiger partial charge in [0.1, 0.15) is 18.8 Å². The molecule has 73 heavy (non-hydrogen) atoms. The van der Waals surface area contributed by atoms with Gasteiger partial charge < -0.3 is 39.0 Å². The molecule has 1 fully saturated rings. The van der Waals surface area contributed by atoms with E-state index in [1.807, 2.05) is 0 Å². The predicted octanol–water partition coefficient (Wildman–Crippen LogP) is 15.2. The van der Waals surface area contributed by atoms with Gasteiger partial charge in [0.25, 0.3) is 0 Å². The van der Waals surface area contributed by atoms with E-state index in [1.165, 1.54) is 128 Å². The van der Waals surface area contributed by atoms with Crippen molar-refractivity contribution >= 4 is 23.9 Å². The maximum Gasteiger partial charge on any atom is 0.335 e. The summed E-state index contributed by atoms with van der Waals surface area (Å²) in [6, 6.07) is 0. The third kappa shape index (κ3) is 39.9. The lowest BCUT2D eigenvalue weighted by Gasteiger charge is -2.40. The Morgan fingerprint density at radius 2 is 0.863 bits per heavy atom. The number of carboxylic acids is 1. The Hall–Kier alpha value is -3.06. The lowest BCUT2D eigenvalue weighted by molar-refractivity contribution is -0.301. The van der Waals surface area contributed by atoms with E-state index in [9.17, 15) is 34.5 Å². The van der Waals surface area contributed by atoms with Gasteiger partial charge in [-0.1, -0.05) is 243 Å². The van der Waals surface area contributed by atoms with Gasteiger partial charge in [0.15, 0.2) is 24.6 Å². The Labute approximate surface area is 444 Å². The molecule has 424 valence electrons. The molecule has 1 heterocycles. The summed E-state index contributed by atoms with van der Waals surface area (Å²) in [5.41, 5.74) is 0. The standard InChI is InChI=1S/C61H108O12/c1-4-7-10-13-16-19-22-24-26-27-29-30-33-35-38-41-44-47-53(62)69-50-52(71-54(63)48-45-42-39-36-32-21-18-15-12-9-6-3)51-70-61-59(57(66)56(65)58(73-61)60(67)68)72-55(64)49-46-43-40-37-34-31-28-25-23-20-17-14-11-8-5-2/h7,10,16,19,24,26,52,56-59,61,65-66H,4-6,8-9,11-15,17-18,20-23,25,27-51H2,1-3H3,(H,67,68)/b10-7-,19-16-,26-24-. The second kappa shape index (κ2) is 49.8. The van der Waals surface area contributed by atoms with Crippen LogP contribution >= 0.6 is 0 Å². The van der Waals surface area contributed by atoms with E-state index in [1.54, 1.807) is 0 Å². The van der Waals surface area contributed by atoms with Crippen LogP contribution in [0.1, 0.15) is 278 Å². The smallest absolute Gasteiger partial charge is 0.335 e. The van der Waals surface area contributed by atoms with Crippen LogP contribution in [-0.4, -0.2) is 89.2 Å². The highest BCUT2D eigenvalue weighted by Crippen LogP contribution is 2.27. The molecule has 1 aliphatic rings. The number of aliphatic carboxylic acids is 1. The summed E-state index contributed by atoms with van der Waals surface area (Å²) in [5.74, 6) is -3.10. The fourth-order valence-corrected chi connectivity index (χ4v) is 9.15. The average molecular weight is 1030 g/mol. The molecule has 6 atom stereocenters. The van der Waals surface area contributed by atoms with Crippen LogP contribution in [0, 0.1) is 0 Å². The number of carboxylic acid groups (broad SMARTS) is 1. The van der Waals surface area contributed by atoms with Crippen LogP contribution in [-0.2, 0) is 42.9 Å². The molecule has 0 amide bonds. The topological polar surface area (TPSA) is 175 Å². The third-order valence-electron chi connectivity index (χ3n) is 13.7. The van der Waals surface area contributed by atoms with E-state index >= 15 is 0 Å². The molecule has 3 N–H and O–H groups in total. The Morgan fingerprint density at radius 3 is 1.32 bits per heavy atom. The van der Waals surface area contributed by atoms with Gasteiger partial charge in [0, 0.05) is 19.3 Å². The van der Waals surface area contributed by atoms with Gasteiger partial charge in [-0.2, -0.15) is 0 Å². The summed E-state index contributed by atoms with van der Waals surface area (Å²) in [5, 5.41) is 31.5. The van der Waals surface area contributed by atoms with Crippen LogP contribution in [0.5, 0.6) is 0 Å². The molecule has 0 aromatic rings. The first-order valence-electron chi connectivity index (χ1n) is 30.0. The molecule has 0 spiro atoms. The largest absolute Gasteiger partial charge is 0.479 e. The number of aliphatic hydroxyl groups excluding tert-OH is 2. The number of allylic oxidation sites excluding steroid dienone is 6. The van der Waals surface area contributed by atoms with E-state index in [2.05, 4.69) is 57.2 Å². The van der Waals surface area contributed by atoms with Crippen LogP contribution < -0.4 is 0 Å². The van der Waals surface area contributed by atoms with Crippen LogP contribution in [0.3, 0.4) is 0 Å². The number of carbonyl (C=O) groups is 4. The zero-order valence-corrected chi connectivity index (χ0v) is 46.6. The molecule has 0 aromatic carbocycles. The molecular formula is C61H108O12. The fourth-order valence-electron chi connectivity index (χ4n) is 9.15. The van der Waals surface area contributed by atoms with Gasteiger partial charge in [0.05, 0.1) is 6.61 Å². The predicted molar refractivity (Wildman–Crippen MR) is 294 cm³/mol. The van der Waals surface area contributed by atoms with Crippen LogP contribution in [0.25, 0.3) is 0 Å². The highest BCUT2D eigenvalue weighted by molar-refractivity contribution is 5.74. The number of rotatable bonds is 51. The number of unbranched alkanes of at least 4 members (excludes halogenated alkanes) is 31. The minimum absolute atomic E-state index is 0.0656. The van der Waals surface area contributed by atoms with Gasteiger partial charge in [-0.25, -0.2) is 4.79 Å². The Balaban J connectivity index is 2.66. The van der Waals surface area contributed by atoms with Gasteiger partial charge >= 0.3 is 23.9 Å². The van der Waals surface area contributed by atoms with Crippen molar-refractivity contribution in [1.29, 1.82) is 0 Å². The summed E-state index contributed by atoms with van der Waals surface area (Å²) in [7, 11) is 0. The first-order valence-corrected chi connectivity index (χ1v) is 30.0. The first kappa shape index (κ1) is 68.0. The second-order valence-electron chi connectivity index (χ2n) is 20.6. The van der Waals surface area contributed by atoms with Gasteiger partial charge in [-0.15, -0.1) is 0 Å². The van der Waals surface area contributed by atoms with Crippen molar-refractivity contribution in [3.8, 4) is 0 Å². The summed E-state index contributed by atoms with van der Waals surface area (Å²) >= 11 is 0. The number of ether oxygens (including phenoxy) is 5. The lowest BCUT2D eigenvalue weighted by atomic mass is 9.98. The van der Waals surface area contributed by atoms with Crippen molar-refractivity contribution in [1.82, 2.24) is 0 Å². The summed E-state index contributed by atoms with van der Waals surface area (Å²) in [6.07, 6.45) is 45.4. The second-order valence-corrected chi connectivity index (χ2v) is 20.6. The Kier molecular flexibility index (Phi) is 46.4. The maximum absolute atomic E-state index is 13.1. The lowest BCUT2D eigenvalue weighted by Crippen LogP contribution is -2.61. The Morgan fingerprint density at radius 1 is 0.466 bits per heavy atom. The minimum Gasteiger partial charge on any atom is -0.479 e. The molecular weight excluding hydrogens is 925 g/mol. The van der Waals surface area contributed by atoms with Crippen LogP contribution in [0.4, 0.5) is 0 Å². The molecule has 1 rings (SSSR count). The number of carbonyl (C=O) groups excluding carboxylic acids is 3. The molecule has 1 saturated heterocycles. The summed E-state index contributed by atoms with van der Waals surface area (Å²) in [4.78, 5) is 51.1. The quantitative estimate of drug-likeness (QED) is 0.0228.